The molecule has 4 aromatic carbocycles. The van der Waals surface area contributed by atoms with Crippen molar-refractivity contribution in [1.29, 1.82) is 0 Å². The highest BCUT2D eigenvalue weighted by atomic mass is 15.4. The Labute approximate surface area is 237 Å². The zero-order valence-corrected chi connectivity index (χ0v) is 21.7. The van der Waals surface area contributed by atoms with E-state index in [0.717, 1.165) is 44.1 Å². The summed E-state index contributed by atoms with van der Waals surface area (Å²) >= 11 is 0. The van der Waals surface area contributed by atoms with Crippen molar-refractivity contribution in [1.82, 2.24) is 60.4 Å². The Morgan fingerprint density at radius 3 is 0.976 bits per heavy atom. The average Bonchev–Trinajstić information content (AvgIpc) is 3.78. The number of rotatable bonds is 0. The van der Waals surface area contributed by atoms with E-state index in [0.29, 0.717) is 0 Å². The van der Waals surface area contributed by atoms with Gasteiger partial charge in [-0.1, -0.05) is 79.0 Å². The van der Waals surface area contributed by atoms with E-state index in [1.807, 2.05) is 118 Å². The van der Waals surface area contributed by atoms with Crippen molar-refractivity contribution < 1.29 is 0 Å². The molecule has 0 saturated carbocycles. The Morgan fingerprint density at radius 2 is 0.683 bits per heavy atom. The van der Waals surface area contributed by atoms with Crippen LogP contribution in [0.15, 0.2) is 97.1 Å². The van der Waals surface area contributed by atoms with Crippen LogP contribution in [0.5, 0.6) is 0 Å². The molecule has 12 nitrogen and oxygen atoms in total. The van der Waals surface area contributed by atoms with Gasteiger partial charge in [0.05, 0.1) is 16.6 Å². The average molecular weight is 551 g/mol. The van der Waals surface area contributed by atoms with Crippen LogP contribution in [-0.2, 0) is 21.1 Å². The van der Waals surface area contributed by atoms with Crippen molar-refractivity contribution in [3.63, 3.8) is 0 Å². The molecule has 0 radical (unpaired) electrons. The molecule has 0 atom stereocenters. The molecule has 1 N–H and O–H groups in total. The molecule has 4 heterocycles. The molecule has 12 heteroatoms. The van der Waals surface area contributed by atoms with E-state index in [9.17, 15) is 0 Å². The van der Waals surface area contributed by atoms with E-state index in [4.69, 9.17) is 0 Å². The summed E-state index contributed by atoms with van der Waals surface area (Å²) in [5.41, 5.74) is 7.89. The quantitative estimate of drug-likeness (QED) is 0.274. The van der Waals surface area contributed by atoms with Crippen LogP contribution in [0.4, 0.5) is 0 Å². The highest BCUT2D eigenvalue weighted by Crippen LogP contribution is 2.08. The van der Waals surface area contributed by atoms with Crippen LogP contribution >= 0.6 is 0 Å². The van der Waals surface area contributed by atoms with Gasteiger partial charge in [0, 0.05) is 21.1 Å². The van der Waals surface area contributed by atoms with Crippen LogP contribution in [-0.4, -0.2) is 60.4 Å². The number of aromatic nitrogens is 12. The smallest absolute Gasteiger partial charge is 0.113 e. The van der Waals surface area contributed by atoms with Crippen molar-refractivity contribution in [3.05, 3.63) is 97.1 Å². The zero-order valence-electron chi connectivity index (χ0n) is 21.7. The van der Waals surface area contributed by atoms with Gasteiger partial charge >= 0.3 is 0 Å². The Bertz CT molecular complexity index is 1730. The van der Waals surface area contributed by atoms with Gasteiger partial charge in [-0.25, -0.2) is 14.0 Å². The van der Waals surface area contributed by atoms with Crippen LogP contribution in [0.2, 0.25) is 0 Å². The lowest BCUT2D eigenvalue weighted by Gasteiger charge is -1.87. The highest BCUT2D eigenvalue weighted by molar-refractivity contribution is 5.75. The van der Waals surface area contributed by atoms with E-state index >= 15 is 0 Å². The lowest BCUT2D eigenvalue weighted by molar-refractivity contribution is 0.736. The molecular formula is C29H34N12. The summed E-state index contributed by atoms with van der Waals surface area (Å²) in [5.74, 6) is 0. The molecule has 0 aliphatic carbocycles. The second kappa shape index (κ2) is 14.0. The summed E-state index contributed by atoms with van der Waals surface area (Å²) in [5, 5.41) is 33.7. The van der Waals surface area contributed by atoms with Crippen LogP contribution < -0.4 is 0 Å². The minimum atomic E-state index is 0. The van der Waals surface area contributed by atoms with Crippen molar-refractivity contribution in [2.75, 3.05) is 0 Å². The van der Waals surface area contributed by atoms with Gasteiger partial charge in [-0.2, -0.15) is 15.4 Å². The van der Waals surface area contributed by atoms with Gasteiger partial charge in [0.2, 0.25) is 0 Å². The molecule has 0 aliphatic heterocycles. The normalized spacial score (nSPS) is 9.93. The molecular weight excluding hydrogens is 516 g/mol. The number of hydrogen-bond acceptors (Lipinski definition) is 8. The van der Waals surface area contributed by atoms with Gasteiger partial charge < -0.3 is 0 Å². The van der Waals surface area contributed by atoms with Crippen LogP contribution in [0.3, 0.4) is 0 Å². The predicted octanol–water partition coefficient (Wildman–Crippen LogP) is 5.14. The van der Waals surface area contributed by atoms with E-state index in [1.54, 1.807) is 14.0 Å². The summed E-state index contributed by atoms with van der Waals surface area (Å²) in [4.78, 5) is 0. The fourth-order valence-corrected chi connectivity index (χ4v) is 3.74. The van der Waals surface area contributed by atoms with E-state index in [1.165, 1.54) is 0 Å². The number of H-pyrrole nitrogens is 1. The first kappa shape index (κ1) is 30.0. The SMILES string of the molecule is C.C.Cn1nnc2ccccc21.Cn1nnc2ccccc21.Cn1nnc2ccccc21.c1ccc2n[nH]nc2c1. The molecule has 0 amide bonds. The number of benzene rings is 4. The Morgan fingerprint density at radius 1 is 0.415 bits per heavy atom. The Kier molecular flexibility index (Phi) is 10.3. The number of fused-ring (bicyclic) bond motifs is 4. The molecule has 0 unspecified atom stereocenters. The van der Waals surface area contributed by atoms with Gasteiger partial charge in [-0.15, -0.1) is 15.3 Å². The van der Waals surface area contributed by atoms with E-state index < -0.39 is 0 Å². The third-order valence-electron chi connectivity index (χ3n) is 5.77. The molecule has 0 bridgehead atoms. The van der Waals surface area contributed by atoms with Gasteiger partial charge in [0.25, 0.3) is 0 Å². The molecule has 0 saturated heterocycles. The maximum Gasteiger partial charge on any atom is 0.113 e. The topological polar surface area (TPSA) is 134 Å². The van der Waals surface area contributed by atoms with Crippen LogP contribution in [0.25, 0.3) is 44.1 Å². The lowest BCUT2D eigenvalue weighted by Crippen LogP contribution is -1.88. The molecule has 0 fully saturated rings. The Hall–Kier alpha value is -5.52. The first-order chi connectivity index (χ1) is 19.1. The van der Waals surface area contributed by atoms with Gasteiger partial charge in [0.15, 0.2) is 0 Å². The van der Waals surface area contributed by atoms with Gasteiger partial charge in [-0.05, 0) is 48.5 Å². The fraction of sp³-hybridized carbons (Fsp3) is 0.172. The highest BCUT2D eigenvalue weighted by Gasteiger charge is 1.97. The summed E-state index contributed by atoms with van der Waals surface area (Å²) in [6, 6.07) is 31.3. The van der Waals surface area contributed by atoms with E-state index in [-0.39, 0.29) is 14.9 Å². The maximum atomic E-state index is 3.93. The molecule has 41 heavy (non-hydrogen) atoms. The summed E-state index contributed by atoms with van der Waals surface area (Å²) in [6.07, 6.45) is 0. The molecule has 210 valence electrons. The number of aryl methyl sites for hydroxylation is 3. The van der Waals surface area contributed by atoms with Crippen molar-refractivity contribution in [2.45, 2.75) is 14.9 Å². The number of aromatic amines is 1. The largest absolute Gasteiger partial charge is 0.248 e. The second-order valence-corrected chi connectivity index (χ2v) is 8.42. The predicted molar refractivity (Wildman–Crippen MR) is 163 cm³/mol. The van der Waals surface area contributed by atoms with Crippen molar-refractivity contribution in [2.24, 2.45) is 21.1 Å². The van der Waals surface area contributed by atoms with Crippen LogP contribution in [0.1, 0.15) is 14.9 Å². The lowest BCUT2D eigenvalue weighted by atomic mass is 10.3. The molecule has 8 aromatic rings. The standard InChI is InChI=1S/3C7H7N3.C6H5N3.2CH4/c3*1-10-7-5-3-2-4-6(7)8-9-10;1-2-4-6-5(3-1)7-9-8-6;;/h3*2-5H,1H3;1-4H,(H,7,8,9);2*1H4. The molecule has 0 aliphatic rings. The number of hydrogen-bond donors (Lipinski definition) is 1. The maximum absolute atomic E-state index is 3.93. The second-order valence-electron chi connectivity index (χ2n) is 8.42. The first-order valence-electron chi connectivity index (χ1n) is 12.1. The molecule has 4 aromatic heterocycles. The number of nitrogens with one attached hydrogen (secondary N) is 1. The van der Waals surface area contributed by atoms with E-state index in [2.05, 4.69) is 46.3 Å². The third-order valence-corrected chi connectivity index (χ3v) is 5.77. The molecule has 0 spiro atoms. The van der Waals surface area contributed by atoms with Crippen molar-refractivity contribution >= 4 is 44.1 Å². The summed E-state index contributed by atoms with van der Waals surface area (Å²) in [7, 11) is 5.65. The zero-order chi connectivity index (χ0) is 27.0. The third kappa shape index (κ3) is 7.12. The Balaban J connectivity index is 0.000000148. The van der Waals surface area contributed by atoms with Crippen LogP contribution in [0, 0.1) is 0 Å². The first-order valence-corrected chi connectivity index (χ1v) is 12.1. The van der Waals surface area contributed by atoms with Crippen molar-refractivity contribution in [3.8, 4) is 0 Å². The summed E-state index contributed by atoms with van der Waals surface area (Å²) < 4.78 is 5.28. The van der Waals surface area contributed by atoms with Gasteiger partial charge in [-0.3, -0.25) is 0 Å². The minimum Gasteiger partial charge on any atom is -0.248 e. The monoisotopic (exact) mass is 550 g/mol. The number of para-hydroxylation sites is 5. The summed E-state index contributed by atoms with van der Waals surface area (Å²) in [6.45, 7) is 0. The number of nitrogens with zero attached hydrogens (tertiary/aromatic N) is 11. The minimum absolute atomic E-state index is 0. The van der Waals surface area contributed by atoms with Gasteiger partial charge in [0.1, 0.15) is 27.6 Å². The molecule has 8 rings (SSSR count). The fourth-order valence-electron chi connectivity index (χ4n) is 3.74.